The van der Waals surface area contributed by atoms with Gasteiger partial charge in [0.05, 0.1) is 12.7 Å². The van der Waals surface area contributed by atoms with Crippen LogP contribution in [-0.2, 0) is 14.3 Å². The first-order valence-corrected chi connectivity index (χ1v) is 6.54. The van der Waals surface area contributed by atoms with Crippen molar-refractivity contribution in [2.45, 2.75) is 19.1 Å². The van der Waals surface area contributed by atoms with Crippen molar-refractivity contribution >= 4 is 22.9 Å². The van der Waals surface area contributed by atoms with E-state index in [1.54, 1.807) is 6.07 Å². The van der Waals surface area contributed by atoms with Crippen LogP contribution in [0.25, 0.3) is 11.0 Å². The van der Waals surface area contributed by atoms with Crippen LogP contribution < -0.4 is 10.4 Å². The van der Waals surface area contributed by atoms with Gasteiger partial charge in [0.2, 0.25) is 6.10 Å². The second kappa shape index (κ2) is 6.49. The zero-order valence-electron chi connectivity index (χ0n) is 12.3. The number of aliphatic hydroxyl groups is 1. The second-order valence-corrected chi connectivity index (χ2v) is 4.67. The van der Waals surface area contributed by atoms with Gasteiger partial charge in [-0.2, -0.15) is 0 Å². The normalized spacial score (nSPS) is 13.3. The molecule has 8 nitrogen and oxygen atoms in total. The zero-order valence-corrected chi connectivity index (χ0v) is 12.3. The molecule has 0 fully saturated rings. The molecule has 0 amide bonds. The van der Waals surface area contributed by atoms with Crippen molar-refractivity contribution in [3.8, 4) is 5.75 Å². The lowest BCUT2D eigenvalue weighted by molar-refractivity contribution is -0.170. The Labute approximate surface area is 129 Å². The summed E-state index contributed by atoms with van der Waals surface area (Å²) in [6, 6.07) is 5.70. The summed E-state index contributed by atoms with van der Waals surface area (Å²) in [5.41, 5.74) is -0.808. The fourth-order valence-electron chi connectivity index (χ4n) is 2.17. The predicted molar refractivity (Wildman–Crippen MR) is 77.2 cm³/mol. The highest BCUT2D eigenvalue weighted by Gasteiger charge is 2.35. The Hall–Kier alpha value is -2.87. The number of ether oxygens (including phenoxy) is 2. The van der Waals surface area contributed by atoms with E-state index in [-0.39, 0.29) is 16.9 Å². The minimum atomic E-state index is -1.88. The molecule has 2 rings (SSSR count). The van der Waals surface area contributed by atoms with E-state index in [1.807, 2.05) is 0 Å². The first kappa shape index (κ1) is 16.5. The van der Waals surface area contributed by atoms with Crippen LogP contribution in [0.4, 0.5) is 0 Å². The number of esters is 1. The van der Waals surface area contributed by atoms with Gasteiger partial charge in [-0.25, -0.2) is 9.59 Å². The maximum Gasteiger partial charge on any atom is 0.348 e. The fraction of sp³-hybridized carbons (Fsp3) is 0.267. The van der Waals surface area contributed by atoms with E-state index in [1.165, 1.54) is 25.3 Å². The molecule has 0 bridgehead atoms. The van der Waals surface area contributed by atoms with E-state index >= 15 is 0 Å². The zero-order chi connectivity index (χ0) is 17.1. The molecule has 2 atom stereocenters. The third kappa shape index (κ3) is 3.32. The van der Waals surface area contributed by atoms with Crippen molar-refractivity contribution in [3.05, 3.63) is 40.2 Å². The van der Waals surface area contributed by atoms with Crippen LogP contribution in [0.3, 0.4) is 0 Å². The highest BCUT2D eigenvalue weighted by molar-refractivity contribution is 5.84. The van der Waals surface area contributed by atoms with Gasteiger partial charge in [-0.05, 0) is 18.2 Å². The average molecular weight is 322 g/mol. The summed E-state index contributed by atoms with van der Waals surface area (Å²) in [5, 5.41) is 20.0. The molecule has 0 saturated heterocycles. The summed E-state index contributed by atoms with van der Waals surface area (Å²) in [6.07, 6.45) is -3.67. The van der Waals surface area contributed by atoms with E-state index in [9.17, 15) is 24.6 Å². The van der Waals surface area contributed by atoms with E-state index in [4.69, 9.17) is 9.15 Å². The van der Waals surface area contributed by atoms with Gasteiger partial charge < -0.3 is 24.1 Å². The van der Waals surface area contributed by atoms with Crippen LogP contribution in [0.5, 0.6) is 5.75 Å². The molecule has 1 aromatic heterocycles. The topological polar surface area (TPSA) is 123 Å². The molecular weight excluding hydrogens is 308 g/mol. The molecule has 0 aliphatic heterocycles. The molecule has 1 aromatic carbocycles. The van der Waals surface area contributed by atoms with Crippen LogP contribution in [0.1, 0.15) is 18.6 Å². The summed E-state index contributed by atoms with van der Waals surface area (Å²) in [5.74, 6) is -2.33. The molecular formula is C15H14O8. The smallest absolute Gasteiger partial charge is 0.348 e. The number of carbonyl (C=O) groups excluding carboxylic acids is 1. The Morgan fingerprint density at radius 2 is 1.87 bits per heavy atom. The maximum absolute atomic E-state index is 11.4. The number of aliphatic hydroxyl groups excluding tert-OH is 1. The van der Waals surface area contributed by atoms with Crippen molar-refractivity contribution < 1.29 is 33.7 Å². The summed E-state index contributed by atoms with van der Waals surface area (Å²) in [4.78, 5) is 33.8. The number of methoxy groups -OCH3 is 1. The molecule has 0 spiro atoms. The summed E-state index contributed by atoms with van der Waals surface area (Å²) < 4.78 is 14.8. The molecule has 0 radical (unpaired) electrons. The number of hydrogen-bond donors (Lipinski definition) is 2. The highest BCUT2D eigenvalue weighted by Crippen LogP contribution is 2.35. The maximum atomic E-state index is 11.4. The van der Waals surface area contributed by atoms with Gasteiger partial charge in [0.25, 0.3) is 0 Å². The van der Waals surface area contributed by atoms with Gasteiger partial charge in [-0.15, -0.1) is 0 Å². The predicted octanol–water partition coefficient (Wildman–Crippen LogP) is 0.851. The van der Waals surface area contributed by atoms with E-state index in [2.05, 4.69) is 4.74 Å². The standard InChI is InChI=1S/C15H14O8/c1-7(16)22-14(15(19)20)12(18)11-9(21-2)5-3-8-4-6-10(17)23-13(8)11/h3-6,12,14,18H,1-2H3,(H,19,20)/t12-,14-/m0/s1. The number of carboxylic acid groups (broad SMARTS) is 1. The second-order valence-electron chi connectivity index (χ2n) is 4.67. The number of rotatable bonds is 5. The fourth-order valence-corrected chi connectivity index (χ4v) is 2.17. The lowest BCUT2D eigenvalue weighted by Crippen LogP contribution is -2.33. The minimum absolute atomic E-state index is 0.0391. The average Bonchev–Trinajstić information content (AvgIpc) is 2.50. The molecule has 2 N–H and O–H groups in total. The summed E-state index contributed by atoms with van der Waals surface area (Å²) >= 11 is 0. The van der Waals surface area contributed by atoms with E-state index < -0.39 is 29.8 Å². The molecule has 0 aliphatic rings. The molecule has 122 valence electrons. The monoisotopic (exact) mass is 322 g/mol. The molecule has 8 heteroatoms. The quantitative estimate of drug-likeness (QED) is 0.613. The molecule has 0 unspecified atom stereocenters. The van der Waals surface area contributed by atoms with Crippen molar-refractivity contribution in [3.63, 3.8) is 0 Å². The Morgan fingerprint density at radius 3 is 2.43 bits per heavy atom. The Balaban J connectivity index is 2.67. The van der Waals surface area contributed by atoms with Crippen molar-refractivity contribution in [1.29, 1.82) is 0 Å². The lowest BCUT2D eigenvalue weighted by atomic mass is 10.00. The van der Waals surface area contributed by atoms with Gasteiger partial charge in [-0.3, -0.25) is 4.79 Å². The number of fused-ring (bicyclic) bond motifs is 1. The minimum Gasteiger partial charge on any atom is -0.496 e. The number of carbonyl (C=O) groups is 2. The Morgan fingerprint density at radius 1 is 1.22 bits per heavy atom. The Kier molecular flexibility index (Phi) is 4.65. The molecule has 23 heavy (non-hydrogen) atoms. The van der Waals surface area contributed by atoms with Gasteiger partial charge in [0, 0.05) is 18.4 Å². The molecule has 1 heterocycles. The largest absolute Gasteiger partial charge is 0.496 e. The van der Waals surface area contributed by atoms with Gasteiger partial charge >= 0.3 is 17.6 Å². The van der Waals surface area contributed by atoms with E-state index in [0.717, 1.165) is 6.92 Å². The van der Waals surface area contributed by atoms with Gasteiger partial charge in [-0.1, -0.05) is 0 Å². The summed E-state index contributed by atoms with van der Waals surface area (Å²) in [7, 11) is 1.31. The first-order valence-electron chi connectivity index (χ1n) is 6.54. The van der Waals surface area contributed by atoms with Crippen LogP contribution >= 0.6 is 0 Å². The highest BCUT2D eigenvalue weighted by atomic mass is 16.6. The summed E-state index contributed by atoms with van der Waals surface area (Å²) in [6.45, 7) is 1.02. The van der Waals surface area contributed by atoms with Crippen LogP contribution in [0.2, 0.25) is 0 Å². The molecule has 0 aliphatic carbocycles. The SMILES string of the molecule is COc1ccc2ccc(=O)oc2c1[C@H](O)[C@H](OC(C)=O)C(=O)O. The van der Waals surface area contributed by atoms with Crippen molar-refractivity contribution in [2.75, 3.05) is 7.11 Å². The van der Waals surface area contributed by atoms with Crippen LogP contribution in [0, 0.1) is 0 Å². The Bertz CT molecular complexity index is 807. The number of aliphatic carboxylic acids is 1. The number of hydrogen-bond acceptors (Lipinski definition) is 7. The molecule has 2 aromatic rings. The first-order chi connectivity index (χ1) is 10.8. The number of carboxylic acids is 1. The third-order valence-corrected chi connectivity index (χ3v) is 3.13. The van der Waals surface area contributed by atoms with Gasteiger partial charge in [0.15, 0.2) is 0 Å². The van der Waals surface area contributed by atoms with Crippen molar-refractivity contribution in [2.24, 2.45) is 0 Å². The van der Waals surface area contributed by atoms with Crippen molar-refractivity contribution in [1.82, 2.24) is 0 Å². The molecule has 0 saturated carbocycles. The van der Waals surface area contributed by atoms with Gasteiger partial charge in [0.1, 0.15) is 17.4 Å². The van der Waals surface area contributed by atoms with Crippen LogP contribution in [-0.4, -0.2) is 35.4 Å². The third-order valence-electron chi connectivity index (χ3n) is 3.13. The van der Waals surface area contributed by atoms with E-state index in [0.29, 0.717) is 5.39 Å². The lowest BCUT2D eigenvalue weighted by Gasteiger charge is -2.21. The van der Waals surface area contributed by atoms with Crippen LogP contribution in [0.15, 0.2) is 33.5 Å². The number of benzene rings is 1.